The van der Waals surface area contributed by atoms with Gasteiger partial charge < -0.3 is 14.7 Å². The summed E-state index contributed by atoms with van der Waals surface area (Å²) in [6.45, 7) is -0.207. The number of ether oxygens (including phenoxy) is 1. The van der Waals surface area contributed by atoms with E-state index in [9.17, 15) is 19.3 Å². The molecule has 0 bridgehead atoms. The zero-order valence-electron chi connectivity index (χ0n) is 10.2. The number of para-hydroxylation sites is 1. The van der Waals surface area contributed by atoms with Crippen molar-refractivity contribution in [2.75, 3.05) is 31.7 Å². The topological polar surface area (TPSA) is 92.9 Å². The molecule has 0 atom stereocenters. The molecule has 1 aromatic rings. The Morgan fingerprint density at radius 2 is 2.26 bits per heavy atom. The first-order valence-corrected chi connectivity index (χ1v) is 5.36. The fourth-order valence-corrected chi connectivity index (χ4v) is 1.59. The molecule has 0 saturated carbocycles. The van der Waals surface area contributed by atoms with Crippen LogP contribution in [0.2, 0.25) is 0 Å². The van der Waals surface area contributed by atoms with Gasteiger partial charge in [-0.25, -0.2) is 0 Å². The molecule has 0 saturated heterocycles. The van der Waals surface area contributed by atoms with E-state index in [4.69, 9.17) is 9.84 Å². The molecule has 0 unspecified atom stereocenters. The van der Waals surface area contributed by atoms with E-state index in [1.165, 1.54) is 24.1 Å². The number of nitro groups is 1. The Morgan fingerprint density at radius 3 is 2.79 bits per heavy atom. The molecule has 8 heteroatoms. The summed E-state index contributed by atoms with van der Waals surface area (Å²) in [7, 11) is 1.42. The molecule has 19 heavy (non-hydrogen) atoms. The van der Waals surface area contributed by atoms with Gasteiger partial charge in [0.2, 0.25) is 5.82 Å². The van der Waals surface area contributed by atoms with E-state index in [1.807, 2.05) is 0 Å². The van der Waals surface area contributed by atoms with E-state index >= 15 is 0 Å². The molecule has 0 aromatic heterocycles. The molecule has 1 N–H and O–H groups in total. The second-order valence-corrected chi connectivity index (χ2v) is 3.67. The van der Waals surface area contributed by atoms with Crippen LogP contribution in [-0.4, -0.2) is 42.8 Å². The van der Waals surface area contributed by atoms with E-state index in [-0.39, 0.29) is 18.8 Å². The van der Waals surface area contributed by atoms with Gasteiger partial charge in [0.05, 0.1) is 11.5 Å². The summed E-state index contributed by atoms with van der Waals surface area (Å²) in [6.07, 6.45) is 0. The average molecular weight is 272 g/mol. The van der Waals surface area contributed by atoms with Crippen molar-refractivity contribution in [2.45, 2.75) is 0 Å². The molecule has 0 spiro atoms. The maximum Gasteiger partial charge on any atom is 0.327 e. The Labute approximate surface area is 108 Å². The van der Waals surface area contributed by atoms with Gasteiger partial charge in [0.15, 0.2) is 0 Å². The lowest BCUT2D eigenvalue weighted by Gasteiger charge is -2.22. The van der Waals surface area contributed by atoms with Crippen molar-refractivity contribution < 1.29 is 24.0 Å². The third kappa shape index (κ3) is 3.88. The quantitative estimate of drug-likeness (QED) is 0.593. The Balaban J connectivity index is 3.16. The number of halogens is 1. The van der Waals surface area contributed by atoms with Crippen molar-refractivity contribution >= 4 is 17.3 Å². The molecular weight excluding hydrogens is 259 g/mol. The molecule has 0 aliphatic carbocycles. The molecule has 0 fully saturated rings. The van der Waals surface area contributed by atoms with Gasteiger partial charge in [-0.05, 0) is 12.1 Å². The number of nitrogens with zero attached hydrogens (tertiary/aromatic N) is 2. The van der Waals surface area contributed by atoms with Gasteiger partial charge >= 0.3 is 11.7 Å². The number of methoxy groups -OCH3 is 1. The first kappa shape index (κ1) is 14.8. The normalized spacial score (nSPS) is 10.2. The molecule has 104 valence electrons. The van der Waals surface area contributed by atoms with Gasteiger partial charge in [-0.3, -0.25) is 14.9 Å². The molecule has 0 heterocycles. The summed E-state index contributed by atoms with van der Waals surface area (Å²) in [4.78, 5) is 22.0. The SMILES string of the molecule is COCCN(CC(=O)O)c1cccc(F)c1[N+](=O)[O-]. The molecular formula is C11H13FN2O5. The number of benzene rings is 1. The van der Waals surface area contributed by atoms with E-state index < -0.39 is 28.9 Å². The minimum absolute atomic E-state index is 0.0792. The number of carbonyl (C=O) groups is 1. The van der Waals surface area contributed by atoms with Crippen LogP contribution in [0.1, 0.15) is 0 Å². The van der Waals surface area contributed by atoms with Gasteiger partial charge in [-0.2, -0.15) is 4.39 Å². The fourth-order valence-electron chi connectivity index (χ4n) is 1.59. The number of hydrogen-bond acceptors (Lipinski definition) is 5. The summed E-state index contributed by atoms with van der Waals surface area (Å²) in [6, 6.07) is 3.55. The van der Waals surface area contributed by atoms with Gasteiger partial charge in [0.25, 0.3) is 0 Å². The highest BCUT2D eigenvalue weighted by Gasteiger charge is 2.25. The van der Waals surface area contributed by atoms with Gasteiger partial charge in [0, 0.05) is 13.7 Å². The zero-order valence-corrected chi connectivity index (χ0v) is 10.2. The number of anilines is 1. The largest absolute Gasteiger partial charge is 0.480 e. The van der Waals surface area contributed by atoms with Crippen molar-refractivity contribution in [3.63, 3.8) is 0 Å². The highest BCUT2D eigenvalue weighted by atomic mass is 19.1. The van der Waals surface area contributed by atoms with Crippen LogP contribution in [0.5, 0.6) is 0 Å². The maximum absolute atomic E-state index is 13.5. The predicted octanol–water partition coefficient (Wildman–Crippen LogP) is 1.27. The first-order valence-electron chi connectivity index (χ1n) is 5.36. The monoisotopic (exact) mass is 272 g/mol. The minimum atomic E-state index is -1.17. The second-order valence-electron chi connectivity index (χ2n) is 3.67. The summed E-state index contributed by atoms with van der Waals surface area (Å²) >= 11 is 0. The summed E-state index contributed by atoms with van der Waals surface area (Å²) < 4.78 is 18.3. The summed E-state index contributed by atoms with van der Waals surface area (Å²) in [5.74, 6) is -2.18. The fraction of sp³-hybridized carbons (Fsp3) is 0.364. The van der Waals surface area contributed by atoms with Crippen LogP contribution in [0.3, 0.4) is 0 Å². The summed E-state index contributed by atoms with van der Waals surface area (Å²) in [5, 5.41) is 19.7. The van der Waals surface area contributed by atoms with Crippen LogP contribution in [0.25, 0.3) is 0 Å². The Morgan fingerprint density at radius 1 is 1.58 bits per heavy atom. The molecule has 0 amide bonds. The zero-order chi connectivity index (χ0) is 14.4. The van der Waals surface area contributed by atoms with Crippen molar-refractivity contribution in [1.29, 1.82) is 0 Å². The third-order valence-corrected chi connectivity index (χ3v) is 2.38. The van der Waals surface area contributed by atoms with Crippen LogP contribution in [-0.2, 0) is 9.53 Å². The van der Waals surface area contributed by atoms with Crippen LogP contribution >= 0.6 is 0 Å². The minimum Gasteiger partial charge on any atom is -0.480 e. The number of hydrogen-bond donors (Lipinski definition) is 1. The lowest BCUT2D eigenvalue weighted by molar-refractivity contribution is -0.386. The van der Waals surface area contributed by atoms with E-state index in [2.05, 4.69) is 0 Å². The number of nitro benzene ring substituents is 1. The van der Waals surface area contributed by atoms with Gasteiger partial charge in [-0.1, -0.05) is 6.07 Å². The third-order valence-electron chi connectivity index (χ3n) is 2.38. The van der Waals surface area contributed by atoms with E-state index in [0.29, 0.717) is 0 Å². The van der Waals surface area contributed by atoms with Crippen molar-refractivity contribution in [3.8, 4) is 0 Å². The maximum atomic E-state index is 13.5. The second kappa shape index (κ2) is 6.64. The van der Waals surface area contributed by atoms with E-state index in [0.717, 1.165) is 6.07 Å². The van der Waals surface area contributed by atoms with Crippen LogP contribution in [0, 0.1) is 15.9 Å². The van der Waals surface area contributed by atoms with E-state index in [1.54, 1.807) is 0 Å². The standard InChI is InChI=1S/C11H13FN2O5/c1-19-6-5-13(7-10(15)16)9-4-2-3-8(12)11(9)14(17)18/h2-4H,5-7H2,1H3,(H,15,16). The number of rotatable bonds is 7. The molecule has 7 nitrogen and oxygen atoms in total. The number of aliphatic carboxylic acids is 1. The van der Waals surface area contributed by atoms with Crippen molar-refractivity contribution in [2.24, 2.45) is 0 Å². The highest BCUT2D eigenvalue weighted by molar-refractivity contribution is 5.76. The van der Waals surface area contributed by atoms with Crippen LogP contribution in [0.15, 0.2) is 18.2 Å². The Kier molecular flexibility index (Phi) is 5.19. The van der Waals surface area contributed by atoms with Crippen LogP contribution < -0.4 is 4.90 Å². The van der Waals surface area contributed by atoms with Crippen molar-refractivity contribution in [3.05, 3.63) is 34.1 Å². The molecule has 0 radical (unpaired) electrons. The van der Waals surface area contributed by atoms with Gasteiger partial charge in [-0.15, -0.1) is 0 Å². The molecule has 0 aliphatic heterocycles. The molecule has 1 aromatic carbocycles. The molecule has 0 aliphatic rings. The average Bonchev–Trinajstić information content (AvgIpc) is 2.33. The predicted molar refractivity (Wildman–Crippen MR) is 64.8 cm³/mol. The van der Waals surface area contributed by atoms with Crippen LogP contribution in [0.4, 0.5) is 15.8 Å². The van der Waals surface area contributed by atoms with Crippen molar-refractivity contribution in [1.82, 2.24) is 0 Å². The first-order chi connectivity index (χ1) is 8.97. The lowest BCUT2D eigenvalue weighted by atomic mass is 10.2. The Bertz CT molecular complexity index is 480. The number of carboxylic acids is 1. The molecule has 1 rings (SSSR count). The Hall–Kier alpha value is -2.22. The summed E-state index contributed by atoms with van der Waals surface area (Å²) in [5.41, 5.74) is -0.815. The number of carboxylic acid groups (broad SMARTS) is 1. The highest BCUT2D eigenvalue weighted by Crippen LogP contribution is 2.30. The van der Waals surface area contributed by atoms with Gasteiger partial charge in [0.1, 0.15) is 12.2 Å². The smallest absolute Gasteiger partial charge is 0.327 e. The lowest BCUT2D eigenvalue weighted by Crippen LogP contribution is -2.33.